The molecule has 9 heteroatoms. The Balaban J connectivity index is 3.01. The van der Waals surface area contributed by atoms with Gasteiger partial charge in [0.1, 0.15) is 5.75 Å². The van der Waals surface area contributed by atoms with Crippen molar-refractivity contribution in [3.8, 4) is 5.75 Å². The van der Waals surface area contributed by atoms with Gasteiger partial charge in [-0.25, -0.2) is 4.99 Å². The van der Waals surface area contributed by atoms with E-state index in [4.69, 9.17) is 4.74 Å². The van der Waals surface area contributed by atoms with E-state index in [0.717, 1.165) is 6.08 Å². The molecule has 5 nitrogen and oxygen atoms in total. The molecule has 0 atom stereocenters. The minimum absolute atomic E-state index is 0.179. The van der Waals surface area contributed by atoms with Gasteiger partial charge < -0.3 is 8.92 Å². The van der Waals surface area contributed by atoms with E-state index in [9.17, 15) is 21.6 Å². The zero-order valence-electron chi connectivity index (χ0n) is 10.2. The number of alkyl halides is 3. The lowest BCUT2D eigenvalue weighted by molar-refractivity contribution is -0.0504. The van der Waals surface area contributed by atoms with Crippen LogP contribution in [0.2, 0.25) is 0 Å². The summed E-state index contributed by atoms with van der Waals surface area (Å²) < 4.78 is 66.8. The lowest BCUT2D eigenvalue weighted by Gasteiger charge is -2.09. The number of nitrogens with zero attached hydrogens (tertiary/aromatic N) is 1. The molecule has 0 spiro atoms. The highest BCUT2D eigenvalue weighted by molar-refractivity contribution is 7.88. The van der Waals surface area contributed by atoms with Crippen molar-refractivity contribution < 1.29 is 30.5 Å². The smallest absolute Gasteiger partial charge is 0.497 e. The summed E-state index contributed by atoms with van der Waals surface area (Å²) in [7, 11) is -4.33. The normalized spacial score (nSPS) is 12.9. The fraction of sp³-hybridized carbons (Fsp3) is 0.182. The van der Waals surface area contributed by atoms with E-state index in [1.807, 2.05) is 0 Å². The van der Waals surface area contributed by atoms with Crippen LogP contribution in [-0.2, 0) is 14.3 Å². The maximum Gasteiger partial charge on any atom is 0.534 e. The van der Waals surface area contributed by atoms with Crippen LogP contribution in [0.1, 0.15) is 0 Å². The quantitative estimate of drug-likeness (QED) is 0.371. The van der Waals surface area contributed by atoms with E-state index in [-0.39, 0.29) is 5.69 Å². The molecule has 20 heavy (non-hydrogen) atoms. The van der Waals surface area contributed by atoms with E-state index < -0.39 is 21.5 Å². The summed E-state index contributed by atoms with van der Waals surface area (Å²) in [4.78, 5) is 3.59. The van der Waals surface area contributed by atoms with Gasteiger partial charge in [-0.05, 0) is 30.3 Å². The predicted octanol–water partition coefficient (Wildman–Crippen LogP) is 2.78. The summed E-state index contributed by atoms with van der Waals surface area (Å²) in [6.45, 7) is 3.14. The van der Waals surface area contributed by atoms with Crippen LogP contribution in [0, 0.1) is 0 Å². The first-order chi connectivity index (χ1) is 9.19. The molecule has 0 fully saturated rings. The minimum atomic E-state index is -5.77. The van der Waals surface area contributed by atoms with Crippen LogP contribution in [-0.4, -0.2) is 26.9 Å². The highest BCUT2D eigenvalue weighted by Crippen LogP contribution is 2.26. The number of hydrogen-bond donors (Lipinski definition) is 0. The number of halogens is 3. The molecule has 0 saturated heterocycles. The summed E-state index contributed by atoms with van der Waals surface area (Å²) in [5, 5.41) is 0. The van der Waals surface area contributed by atoms with Gasteiger partial charge in [-0.2, -0.15) is 21.6 Å². The van der Waals surface area contributed by atoms with E-state index in [0.29, 0.717) is 5.75 Å². The molecule has 0 aliphatic carbocycles. The van der Waals surface area contributed by atoms with Crippen molar-refractivity contribution in [2.24, 2.45) is 4.99 Å². The van der Waals surface area contributed by atoms with Crippen molar-refractivity contribution in [2.45, 2.75) is 5.51 Å². The Morgan fingerprint density at radius 2 is 1.85 bits per heavy atom. The van der Waals surface area contributed by atoms with E-state index in [1.54, 1.807) is 0 Å². The number of aliphatic imine (C=N–C) groups is 1. The number of hydrogen-bond acceptors (Lipinski definition) is 5. The molecule has 0 aliphatic rings. The highest BCUT2D eigenvalue weighted by atomic mass is 32.2. The van der Waals surface area contributed by atoms with E-state index >= 15 is 0 Å². The molecule has 1 rings (SSSR count). The second-order valence-electron chi connectivity index (χ2n) is 3.34. The Kier molecular flexibility index (Phi) is 4.77. The van der Waals surface area contributed by atoms with Crippen molar-refractivity contribution in [3.63, 3.8) is 0 Å². The Morgan fingerprint density at radius 3 is 2.25 bits per heavy atom. The number of methoxy groups -OCH3 is 1. The molecule has 0 aliphatic heterocycles. The molecule has 0 saturated carbocycles. The summed E-state index contributed by atoms with van der Waals surface area (Å²) in [6, 6.07) is 5.81. The van der Waals surface area contributed by atoms with Gasteiger partial charge in [-0.3, -0.25) is 0 Å². The van der Waals surface area contributed by atoms with Crippen molar-refractivity contribution in [1.29, 1.82) is 0 Å². The van der Waals surface area contributed by atoms with E-state index in [1.165, 1.54) is 31.4 Å². The van der Waals surface area contributed by atoms with Crippen molar-refractivity contribution in [3.05, 3.63) is 36.9 Å². The zero-order chi connectivity index (χ0) is 15.4. The topological polar surface area (TPSA) is 65.0 Å². The third kappa shape index (κ3) is 3.98. The fourth-order valence-electron chi connectivity index (χ4n) is 1.04. The van der Waals surface area contributed by atoms with Gasteiger partial charge in [0, 0.05) is 0 Å². The standard InChI is InChI=1S/C11H10F3NO4S/c1-3-10(19-20(16,17)11(12,13)14)15-8-4-6-9(18-2)7-5-8/h3-7H,1H2,2H3. The lowest BCUT2D eigenvalue weighted by atomic mass is 10.3. The van der Waals surface area contributed by atoms with Crippen LogP contribution >= 0.6 is 0 Å². The zero-order valence-corrected chi connectivity index (χ0v) is 11.0. The SMILES string of the molecule is C=CC(=Nc1ccc(OC)cc1)OS(=O)(=O)C(F)(F)F. The van der Waals surface area contributed by atoms with Crippen LogP contribution < -0.4 is 4.74 Å². The Morgan fingerprint density at radius 1 is 1.30 bits per heavy atom. The number of ether oxygens (including phenoxy) is 1. The Bertz CT molecular complexity index is 606. The summed E-state index contributed by atoms with van der Waals surface area (Å²) in [5.41, 5.74) is -5.35. The minimum Gasteiger partial charge on any atom is -0.497 e. The molecule has 0 radical (unpaired) electrons. The fourth-order valence-corrected chi connectivity index (χ4v) is 1.47. The second-order valence-corrected chi connectivity index (χ2v) is 4.87. The molecule has 1 aromatic carbocycles. The maximum absolute atomic E-state index is 12.1. The maximum atomic E-state index is 12.1. The summed E-state index contributed by atoms with van der Waals surface area (Å²) in [6.07, 6.45) is 0.757. The average Bonchev–Trinajstić information content (AvgIpc) is 2.37. The van der Waals surface area contributed by atoms with Crippen LogP contribution in [0.15, 0.2) is 41.9 Å². The molecular formula is C11H10F3NO4S. The largest absolute Gasteiger partial charge is 0.534 e. The predicted molar refractivity (Wildman–Crippen MR) is 66.3 cm³/mol. The number of rotatable bonds is 4. The third-order valence-corrected chi connectivity index (χ3v) is 2.92. The third-order valence-electron chi connectivity index (χ3n) is 1.96. The summed E-state index contributed by atoms with van der Waals surface area (Å²) in [5.74, 6) is -0.277. The van der Waals surface area contributed by atoms with Crippen molar-refractivity contribution in [1.82, 2.24) is 0 Å². The van der Waals surface area contributed by atoms with Gasteiger partial charge in [0.15, 0.2) is 0 Å². The Labute approximate surface area is 113 Å². The van der Waals surface area contributed by atoms with Gasteiger partial charge >= 0.3 is 15.6 Å². The molecule has 110 valence electrons. The van der Waals surface area contributed by atoms with E-state index in [2.05, 4.69) is 15.8 Å². The van der Waals surface area contributed by atoms with Crippen molar-refractivity contribution in [2.75, 3.05) is 7.11 Å². The molecule has 0 N–H and O–H groups in total. The molecule has 0 bridgehead atoms. The van der Waals surface area contributed by atoms with Gasteiger partial charge in [0.2, 0.25) is 5.90 Å². The van der Waals surface area contributed by atoms with Gasteiger partial charge in [0.05, 0.1) is 12.8 Å². The van der Waals surface area contributed by atoms with Crippen molar-refractivity contribution >= 4 is 21.7 Å². The van der Waals surface area contributed by atoms with Gasteiger partial charge in [-0.1, -0.05) is 6.58 Å². The Hall–Kier alpha value is -2.03. The van der Waals surface area contributed by atoms with Crippen LogP contribution in [0.25, 0.3) is 0 Å². The first-order valence-corrected chi connectivity index (χ1v) is 6.46. The van der Waals surface area contributed by atoms with Crippen LogP contribution in [0.3, 0.4) is 0 Å². The highest BCUT2D eigenvalue weighted by Gasteiger charge is 2.49. The molecule has 0 unspecified atom stereocenters. The molecule has 0 amide bonds. The summed E-state index contributed by atoms with van der Waals surface area (Å²) >= 11 is 0. The monoisotopic (exact) mass is 309 g/mol. The van der Waals surface area contributed by atoms with Gasteiger partial charge in [-0.15, -0.1) is 0 Å². The molecule has 1 aromatic rings. The molecule has 0 heterocycles. The van der Waals surface area contributed by atoms with Gasteiger partial charge in [0.25, 0.3) is 0 Å². The van der Waals surface area contributed by atoms with Crippen LogP contribution in [0.4, 0.5) is 18.9 Å². The second kappa shape index (κ2) is 5.95. The first-order valence-electron chi connectivity index (χ1n) is 5.05. The average molecular weight is 309 g/mol. The first kappa shape index (κ1) is 16.0. The molecular weight excluding hydrogens is 299 g/mol. The number of benzene rings is 1. The lowest BCUT2D eigenvalue weighted by Crippen LogP contribution is -2.27. The van der Waals surface area contributed by atoms with Crippen LogP contribution in [0.5, 0.6) is 5.75 Å². The molecule has 0 aromatic heterocycles.